The number of hydrogen-bond acceptors (Lipinski definition) is 15. The van der Waals surface area contributed by atoms with E-state index in [0.29, 0.717) is 16.7 Å². The lowest BCUT2D eigenvalue weighted by Gasteiger charge is -2.30. The molecule has 3 amide bonds. The van der Waals surface area contributed by atoms with Crippen molar-refractivity contribution in [3.63, 3.8) is 0 Å². The van der Waals surface area contributed by atoms with Crippen molar-refractivity contribution in [2.24, 2.45) is 0 Å². The Morgan fingerprint density at radius 2 is 1.04 bits per heavy atom. The first-order valence-corrected chi connectivity index (χ1v) is 17.1. The van der Waals surface area contributed by atoms with E-state index in [0.717, 1.165) is 0 Å². The minimum atomic E-state index is -1.15. The Kier molecular flexibility index (Phi) is 13.0. The van der Waals surface area contributed by atoms with Crippen LogP contribution in [-0.2, 0) is 43.6 Å². The predicted molar refractivity (Wildman–Crippen MR) is 191 cm³/mol. The highest BCUT2D eigenvalue weighted by molar-refractivity contribution is 7.81. The number of rotatable bonds is 11. The van der Waals surface area contributed by atoms with Gasteiger partial charge in [-0.15, -0.1) is 0 Å². The van der Waals surface area contributed by atoms with Crippen LogP contribution in [0, 0.1) is 30.3 Å². The van der Waals surface area contributed by atoms with Crippen LogP contribution in [0.4, 0.5) is 31.4 Å². The van der Waals surface area contributed by atoms with Crippen LogP contribution < -0.4 is 0 Å². The Labute approximate surface area is 317 Å². The van der Waals surface area contributed by atoms with Gasteiger partial charge < -0.3 is 28.7 Å². The van der Waals surface area contributed by atoms with Crippen LogP contribution in [0.25, 0.3) is 0 Å². The van der Waals surface area contributed by atoms with Crippen molar-refractivity contribution < 1.29 is 52.9 Å². The average molecular weight is 783 g/mol. The molecule has 2 heterocycles. The predicted octanol–water partition coefficient (Wildman–Crippen LogP) is 4.62. The van der Waals surface area contributed by atoms with E-state index >= 15 is 0 Å². The van der Waals surface area contributed by atoms with Gasteiger partial charge in [-0.05, 0) is 59.5 Å². The van der Waals surface area contributed by atoms with Gasteiger partial charge in [-0.3, -0.25) is 40.0 Å². The molecule has 55 heavy (non-hydrogen) atoms. The molecule has 290 valence electrons. The highest BCUT2D eigenvalue weighted by Gasteiger charge is 2.43. The number of benzene rings is 3. The van der Waals surface area contributed by atoms with Gasteiger partial charge in [-0.25, -0.2) is 14.4 Å². The van der Waals surface area contributed by atoms with Crippen LogP contribution in [0.5, 0.6) is 0 Å². The number of hydrogen-bond donors (Lipinski definition) is 1. The molecule has 0 saturated carbocycles. The summed E-state index contributed by atoms with van der Waals surface area (Å²) in [5.74, 6) is -0.530. The Morgan fingerprint density at radius 1 is 0.618 bits per heavy atom. The van der Waals surface area contributed by atoms with Crippen LogP contribution in [0.2, 0.25) is 0 Å². The molecule has 5 rings (SSSR count). The molecular formula is C34H34N6O14S. The van der Waals surface area contributed by atoms with E-state index < -0.39 is 51.2 Å². The third-order valence-corrected chi connectivity index (χ3v) is 9.02. The van der Waals surface area contributed by atoms with E-state index in [1.165, 1.54) is 87.5 Å². The quantitative estimate of drug-likeness (QED) is 0.0917. The molecule has 0 spiro atoms. The molecule has 3 aromatic rings. The molecule has 2 saturated heterocycles. The Bertz CT molecular complexity index is 1910. The summed E-state index contributed by atoms with van der Waals surface area (Å²) in [6.07, 6.45) is -3.77. The van der Waals surface area contributed by atoms with Crippen molar-refractivity contribution in [2.75, 3.05) is 32.7 Å². The van der Waals surface area contributed by atoms with Gasteiger partial charge in [0.15, 0.2) is 0 Å². The highest BCUT2D eigenvalue weighted by atomic mass is 32.1. The fraction of sp³-hybridized carbons (Fsp3) is 0.353. The van der Waals surface area contributed by atoms with Crippen molar-refractivity contribution in [1.82, 2.24) is 14.7 Å². The van der Waals surface area contributed by atoms with Gasteiger partial charge >= 0.3 is 18.3 Å². The second-order valence-corrected chi connectivity index (χ2v) is 13.2. The molecule has 0 N–H and O–H groups in total. The zero-order valence-corrected chi connectivity index (χ0v) is 29.8. The van der Waals surface area contributed by atoms with Gasteiger partial charge in [0.05, 0.1) is 27.9 Å². The first-order valence-electron chi connectivity index (χ1n) is 16.6. The number of non-ortho nitro benzene ring substituents is 3. The zero-order valence-electron chi connectivity index (χ0n) is 28.9. The van der Waals surface area contributed by atoms with Crippen LogP contribution >= 0.6 is 12.6 Å². The second-order valence-electron chi connectivity index (χ2n) is 12.4. The summed E-state index contributed by atoms with van der Waals surface area (Å²) in [5, 5.41) is 32.5. The van der Waals surface area contributed by atoms with Crippen molar-refractivity contribution in [1.29, 1.82) is 0 Å². The van der Waals surface area contributed by atoms with Crippen molar-refractivity contribution in [3.8, 4) is 0 Å². The monoisotopic (exact) mass is 782 g/mol. The lowest BCUT2D eigenvalue weighted by atomic mass is 10.2. The molecule has 21 heteroatoms. The molecule has 2 fully saturated rings. The molecule has 0 bridgehead atoms. The van der Waals surface area contributed by atoms with Crippen molar-refractivity contribution >= 4 is 53.9 Å². The maximum atomic E-state index is 14.0. The Morgan fingerprint density at radius 3 is 1.51 bits per heavy atom. The molecule has 0 aliphatic carbocycles. The lowest BCUT2D eigenvalue weighted by molar-refractivity contribution is -0.385. The number of amides is 3. The number of thiol groups is 1. The van der Waals surface area contributed by atoms with Gasteiger partial charge in [0.2, 0.25) is 5.91 Å². The lowest BCUT2D eigenvalue weighted by Crippen LogP contribution is -2.50. The van der Waals surface area contributed by atoms with E-state index in [4.69, 9.17) is 18.9 Å². The largest absolute Gasteiger partial charge is 0.509 e. The molecule has 0 radical (unpaired) electrons. The molecule has 2 aliphatic heterocycles. The molecule has 0 aromatic heterocycles. The zero-order chi connectivity index (χ0) is 39.6. The topological polar surface area (TPSA) is 244 Å². The first kappa shape index (κ1) is 39.7. The van der Waals surface area contributed by atoms with Crippen LogP contribution in [0.1, 0.15) is 23.1 Å². The standard InChI is InChI=1S/C34H34N6O14S/c41-31(30-15-29(55)18-37(30)33(43)52-20-23-3-9-26(10-4-23)39(47)48)35-13-14-36(32(42)51-19-22-1-7-25(8-2-22)38(45)46)17-28(16-35)54-34(44)53-21-24-5-11-27(12-6-24)40(49)50/h1-12,28-30,55H,13-21H2/t28?,29-,30-/m0/s1. The number of nitro benzene ring substituents is 3. The van der Waals surface area contributed by atoms with Gasteiger partial charge in [-0.2, -0.15) is 12.6 Å². The minimum absolute atomic E-state index is 0.0530. The number of nitro groups is 3. The normalized spacial score (nSPS) is 18.1. The molecule has 3 aromatic carbocycles. The minimum Gasteiger partial charge on any atom is -0.445 e. The molecule has 3 atom stereocenters. The van der Waals surface area contributed by atoms with Crippen LogP contribution in [0.15, 0.2) is 72.8 Å². The third-order valence-electron chi connectivity index (χ3n) is 8.64. The van der Waals surface area contributed by atoms with Crippen molar-refractivity contribution in [2.45, 2.75) is 43.6 Å². The summed E-state index contributed by atoms with van der Waals surface area (Å²) in [7, 11) is 0. The van der Waals surface area contributed by atoms with E-state index in [1.807, 2.05) is 0 Å². The van der Waals surface area contributed by atoms with Gasteiger partial charge in [0.1, 0.15) is 32.0 Å². The third kappa shape index (κ3) is 10.8. The van der Waals surface area contributed by atoms with E-state index in [9.17, 15) is 49.5 Å². The number of carbonyl (C=O) groups is 4. The number of carbonyl (C=O) groups excluding carboxylic acids is 4. The summed E-state index contributed by atoms with van der Waals surface area (Å²) in [6, 6.07) is 15.1. The molecule has 2 aliphatic rings. The smallest absolute Gasteiger partial charge is 0.445 e. The summed E-state index contributed by atoms with van der Waals surface area (Å²) < 4.78 is 21.6. The fourth-order valence-corrected chi connectivity index (χ4v) is 6.17. The maximum absolute atomic E-state index is 14.0. The van der Waals surface area contributed by atoms with Gasteiger partial charge in [0, 0.05) is 61.3 Å². The van der Waals surface area contributed by atoms with Gasteiger partial charge in [0.25, 0.3) is 17.1 Å². The Balaban J connectivity index is 1.26. The molecule has 1 unspecified atom stereocenters. The fourth-order valence-electron chi connectivity index (χ4n) is 5.79. The SMILES string of the molecule is O=C(OCc1ccc([N+](=O)[O-])cc1)OC1CN(C(=O)OCc2ccc([N+](=O)[O-])cc2)CCN(C(=O)[C@@H]2C[C@H](S)CN2C(=O)OCc2ccc([N+](=O)[O-])cc2)C1. The summed E-state index contributed by atoms with van der Waals surface area (Å²) in [6.45, 7) is -1.23. The van der Waals surface area contributed by atoms with Crippen LogP contribution in [0.3, 0.4) is 0 Å². The molecular weight excluding hydrogens is 748 g/mol. The Hall–Kier alpha value is -6.51. The average Bonchev–Trinajstić information content (AvgIpc) is 3.44. The molecule has 20 nitrogen and oxygen atoms in total. The maximum Gasteiger partial charge on any atom is 0.509 e. The second kappa shape index (κ2) is 18.0. The van der Waals surface area contributed by atoms with Crippen molar-refractivity contribution in [3.05, 3.63) is 120 Å². The summed E-state index contributed by atoms with van der Waals surface area (Å²) in [4.78, 5) is 88.3. The number of likely N-dealkylation sites (tertiary alicyclic amines) is 1. The summed E-state index contributed by atoms with van der Waals surface area (Å²) in [5.41, 5.74) is 0.952. The van der Waals surface area contributed by atoms with E-state index in [1.54, 1.807) is 0 Å². The summed E-state index contributed by atoms with van der Waals surface area (Å²) >= 11 is 4.49. The number of ether oxygens (including phenoxy) is 4. The van der Waals surface area contributed by atoms with Gasteiger partial charge in [-0.1, -0.05) is 0 Å². The highest BCUT2D eigenvalue weighted by Crippen LogP contribution is 2.26. The van der Waals surface area contributed by atoms with E-state index in [2.05, 4.69) is 12.6 Å². The van der Waals surface area contributed by atoms with E-state index in [-0.39, 0.29) is 81.3 Å². The number of nitrogens with zero attached hydrogens (tertiary/aromatic N) is 6. The van der Waals surface area contributed by atoms with Crippen LogP contribution in [-0.4, -0.2) is 104 Å². The first-order chi connectivity index (χ1) is 26.3.